The molecule has 1 N–H and O–H groups in total. The summed E-state index contributed by atoms with van der Waals surface area (Å²) in [6, 6.07) is 0.546. The summed E-state index contributed by atoms with van der Waals surface area (Å²) in [6.07, 6.45) is 5.22. The van der Waals surface area contributed by atoms with Gasteiger partial charge in [-0.1, -0.05) is 6.92 Å². The Morgan fingerprint density at radius 2 is 2.24 bits per heavy atom. The van der Waals surface area contributed by atoms with Gasteiger partial charge in [0.05, 0.1) is 0 Å². The molecule has 1 fully saturated rings. The third-order valence-electron chi connectivity index (χ3n) is 3.95. The summed E-state index contributed by atoms with van der Waals surface area (Å²) in [5.41, 5.74) is 0.246. The van der Waals surface area contributed by atoms with Gasteiger partial charge in [0.25, 0.3) is 0 Å². The zero-order chi connectivity index (χ0) is 12.9. The van der Waals surface area contributed by atoms with Gasteiger partial charge in [-0.3, -0.25) is 9.11 Å². The van der Waals surface area contributed by atoms with Crippen molar-refractivity contribution in [3.63, 3.8) is 0 Å². The molecule has 1 rings (SSSR count). The van der Waals surface area contributed by atoms with Gasteiger partial charge in [0.15, 0.2) is 0 Å². The Morgan fingerprint density at radius 1 is 1.53 bits per heavy atom. The lowest BCUT2D eigenvalue weighted by Crippen LogP contribution is -2.50. The zero-order valence-electron chi connectivity index (χ0n) is 11.8. The Bertz CT molecular complexity index is 260. The molecule has 0 radical (unpaired) electrons. The predicted molar refractivity (Wildman–Crippen MR) is 75.9 cm³/mol. The lowest BCUT2D eigenvalue weighted by Gasteiger charge is -2.36. The lowest BCUT2D eigenvalue weighted by molar-refractivity contribution is 0.166. The average molecular weight is 260 g/mol. The van der Waals surface area contributed by atoms with E-state index in [-0.39, 0.29) is 5.54 Å². The molecule has 1 aliphatic heterocycles. The van der Waals surface area contributed by atoms with Crippen molar-refractivity contribution < 1.29 is 4.21 Å². The van der Waals surface area contributed by atoms with E-state index in [0.29, 0.717) is 6.04 Å². The van der Waals surface area contributed by atoms with Crippen molar-refractivity contribution in [1.82, 2.24) is 10.2 Å². The summed E-state index contributed by atoms with van der Waals surface area (Å²) >= 11 is 0. The summed E-state index contributed by atoms with van der Waals surface area (Å²) in [5.74, 6) is 0.827. The highest BCUT2D eigenvalue weighted by molar-refractivity contribution is 7.84. The molecule has 0 bridgehead atoms. The van der Waals surface area contributed by atoms with Crippen molar-refractivity contribution in [2.75, 3.05) is 31.6 Å². The molecule has 0 aromatic carbocycles. The normalized spacial score (nSPS) is 30.8. The molecule has 1 saturated heterocycles. The van der Waals surface area contributed by atoms with Crippen LogP contribution in [-0.2, 0) is 10.8 Å². The van der Waals surface area contributed by atoms with Gasteiger partial charge in [0.1, 0.15) is 0 Å². The summed E-state index contributed by atoms with van der Waals surface area (Å²) < 4.78 is 11.2. The van der Waals surface area contributed by atoms with Crippen molar-refractivity contribution >= 4 is 10.8 Å². The molecule has 0 aliphatic carbocycles. The Labute approximate surface area is 109 Å². The van der Waals surface area contributed by atoms with E-state index < -0.39 is 10.8 Å². The van der Waals surface area contributed by atoms with Gasteiger partial charge in [-0.15, -0.1) is 0 Å². The van der Waals surface area contributed by atoms with Crippen molar-refractivity contribution in [2.45, 2.75) is 51.6 Å². The summed E-state index contributed by atoms with van der Waals surface area (Å²) in [5, 5.41) is 3.66. The molecule has 0 aromatic rings. The first-order chi connectivity index (χ1) is 7.97. The van der Waals surface area contributed by atoms with Crippen LogP contribution in [0.25, 0.3) is 0 Å². The van der Waals surface area contributed by atoms with Crippen molar-refractivity contribution in [1.29, 1.82) is 0 Å². The number of hydrogen-bond acceptors (Lipinski definition) is 3. The van der Waals surface area contributed by atoms with Crippen LogP contribution in [0.2, 0.25) is 0 Å². The SMILES string of the molecule is CCC1(C)CN(C(C)CCS(C)=O)CCCN1. The largest absolute Gasteiger partial charge is 0.310 e. The molecule has 1 aliphatic rings. The van der Waals surface area contributed by atoms with Crippen LogP contribution >= 0.6 is 0 Å². The second kappa shape index (κ2) is 6.86. The van der Waals surface area contributed by atoms with Crippen molar-refractivity contribution in [3.05, 3.63) is 0 Å². The van der Waals surface area contributed by atoms with E-state index in [9.17, 15) is 4.21 Å². The van der Waals surface area contributed by atoms with E-state index in [1.165, 1.54) is 13.0 Å². The molecule has 0 aromatic heterocycles. The topological polar surface area (TPSA) is 32.3 Å². The third kappa shape index (κ3) is 5.06. The fourth-order valence-corrected chi connectivity index (χ4v) is 3.06. The van der Waals surface area contributed by atoms with Gasteiger partial charge in [-0.2, -0.15) is 0 Å². The third-order valence-corrected chi connectivity index (χ3v) is 4.76. The maximum absolute atomic E-state index is 11.2. The van der Waals surface area contributed by atoms with Crippen LogP contribution < -0.4 is 5.32 Å². The van der Waals surface area contributed by atoms with Crippen LogP contribution in [0.15, 0.2) is 0 Å². The maximum atomic E-state index is 11.2. The van der Waals surface area contributed by atoms with Crippen molar-refractivity contribution in [3.8, 4) is 0 Å². The minimum Gasteiger partial charge on any atom is -0.310 e. The van der Waals surface area contributed by atoms with Gasteiger partial charge < -0.3 is 5.32 Å². The quantitative estimate of drug-likeness (QED) is 0.815. The number of rotatable bonds is 5. The summed E-state index contributed by atoms with van der Waals surface area (Å²) in [6.45, 7) is 10.2. The first kappa shape index (κ1) is 15.1. The first-order valence-electron chi connectivity index (χ1n) is 6.76. The van der Waals surface area contributed by atoms with E-state index in [1.54, 1.807) is 6.26 Å². The van der Waals surface area contributed by atoms with Gasteiger partial charge in [-0.05, 0) is 46.2 Å². The molecule has 17 heavy (non-hydrogen) atoms. The molecule has 0 amide bonds. The highest BCUT2D eigenvalue weighted by Gasteiger charge is 2.29. The lowest BCUT2D eigenvalue weighted by atomic mass is 9.98. The second-order valence-electron chi connectivity index (χ2n) is 5.58. The molecule has 1 heterocycles. The highest BCUT2D eigenvalue weighted by Crippen LogP contribution is 2.18. The molecule has 0 spiro atoms. The Balaban J connectivity index is 2.52. The molecule has 3 atom stereocenters. The molecular weight excluding hydrogens is 232 g/mol. The second-order valence-corrected chi connectivity index (χ2v) is 7.13. The van der Waals surface area contributed by atoms with Crippen LogP contribution in [0, 0.1) is 0 Å². The van der Waals surface area contributed by atoms with Gasteiger partial charge in [0.2, 0.25) is 0 Å². The van der Waals surface area contributed by atoms with E-state index in [0.717, 1.165) is 31.7 Å². The van der Waals surface area contributed by atoms with Crippen molar-refractivity contribution in [2.24, 2.45) is 0 Å². The van der Waals surface area contributed by atoms with Gasteiger partial charge >= 0.3 is 0 Å². The van der Waals surface area contributed by atoms with Crippen LogP contribution in [0.4, 0.5) is 0 Å². The smallest absolute Gasteiger partial charge is 0.0277 e. The van der Waals surface area contributed by atoms with Crippen LogP contribution in [0.5, 0.6) is 0 Å². The van der Waals surface area contributed by atoms with Crippen LogP contribution in [0.1, 0.15) is 40.0 Å². The minimum atomic E-state index is -0.658. The number of nitrogens with zero attached hydrogens (tertiary/aromatic N) is 1. The van der Waals surface area contributed by atoms with Crippen LogP contribution in [-0.4, -0.2) is 52.3 Å². The zero-order valence-corrected chi connectivity index (χ0v) is 12.6. The van der Waals surface area contributed by atoms with E-state index in [2.05, 4.69) is 31.0 Å². The molecule has 0 saturated carbocycles. The Hall–Kier alpha value is 0.0700. The highest BCUT2D eigenvalue weighted by atomic mass is 32.2. The predicted octanol–water partition coefficient (Wildman–Crippen LogP) is 1.61. The molecule has 3 nitrogen and oxygen atoms in total. The first-order valence-corrected chi connectivity index (χ1v) is 8.48. The van der Waals surface area contributed by atoms with Gasteiger partial charge in [0, 0.05) is 40.9 Å². The fraction of sp³-hybridized carbons (Fsp3) is 1.00. The average Bonchev–Trinajstić information content (AvgIpc) is 2.49. The molecular formula is C13H28N2OS. The Kier molecular flexibility index (Phi) is 6.10. The maximum Gasteiger partial charge on any atom is 0.0277 e. The molecule has 4 heteroatoms. The summed E-state index contributed by atoms with van der Waals surface area (Å²) in [7, 11) is -0.658. The van der Waals surface area contributed by atoms with E-state index >= 15 is 0 Å². The fourth-order valence-electron chi connectivity index (χ4n) is 2.39. The van der Waals surface area contributed by atoms with Gasteiger partial charge in [-0.25, -0.2) is 0 Å². The Morgan fingerprint density at radius 3 is 2.82 bits per heavy atom. The molecule has 3 unspecified atom stereocenters. The standard InChI is InChI=1S/C13H28N2OS/c1-5-13(3)11-15(9-6-8-14-13)12(2)7-10-17(4)16/h12,14H,5-11H2,1-4H3. The monoisotopic (exact) mass is 260 g/mol. The van der Waals surface area contributed by atoms with E-state index in [1.807, 2.05) is 0 Å². The number of hydrogen-bond donors (Lipinski definition) is 1. The van der Waals surface area contributed by atoms with Crippen LogP contribution in [0.3, 0.4) is 0 Å². The number of nitrogens with one attached hydrogen (secondary N) is 1. The minimum absolute atomic E-state index is 0.246. The molecule has 102 valence electrons. The van der Waals surface area contributed by atoms with E-state index in [4.69, 9.17) is 0 Å². The summed E-state index contributed by atoms with van der Waals surface area (Å²) in [4.78, 5) is 2.57.